The van der Waals surface area contributed by atoms with Gasteiger partial charge in [0.05, 0.1) is 0 Å². The Labute approximate surface area is 60.4 Å². The summed E-state index contributed by atoms with van der Waals surface area (Å²) in [5.41, 5.74) is 0. The third-order valence-corrected chi connectivity index (χ3v) is 1.99. The van der Waals surface area contributed by atoms with E-state index in [1.165, 1.54) is 0 Å². The predicted molar refractivity (Wildman–Crippen MR) is 37.3 cm³/mol. The second kappa shape index (κ2) is 3.88. The van der Waals surface area contributed by atoms with Crippen molar-refractivity contribution in [2.24, 2.45) is 5.92 Å². The molecule has 0 amide bonds. The highest BCUT2D eigenvalue weighted by molar-refractivity contribution is 4.68. The van der Waals surface area contributed by atoms with Crippen LogP contribution in [0.5, 0.6) is 0 Å². The summed E-state index contributed by atoms with van der Waals surface area (Å²) in [6.07, 6.45) is 0.715. The Balaban J connectivity index is 2.13. The molecule has 1 fully saturated rings. The summed E-state index contributed by atoms with van der Waals surface area (Å²) in [4.78, 5) is 0. The molecule has 0 aromatic rings. The molecular formula is C7H14FNO. The van der Waals surface area contributed by atoms with E-state index in [2.05, 4.69) is 5.32 Å². The number of hydrogen-bond acceptors (Lipinski definition) is 2. The predicted octanol–water partition coefficient (Wildman–Crippen LogP) is 0.664. The molecule has 1 aliphatic heterocycles. The van der Waals surface area contributed by atoms with Gasteiger partial charge in [0, 0.05) is 6.42 Å². The Kier molecular flexibility index (Phi) is 3.09. The molecule has 1 heterocycles. The summed E-state index contributed by atoms with van der Waals surface area (Å²) in [6, 6.07) is 0. The largest absolute Gasteiger partial charge is 0.364 e. The van der Waals surface area contributed by atoms with Crippen molar-refractivity contribution in [3.05, 3.63) is 0 Å². The molecule has 0 radical (unpaired) electrons. The van der Waals surface area contributed by atoms with E-state index in [-0.39, 0.29) is 0 Å². The second-order valence-electron chi connectivity index (χ2n) is 2.86. The molecule has 0 bridgehead atoms. The van der Waals surface area contributed by atoms with E-state index < -0.39 is 6.36 Å². The lowest BCUT2D eigenvalue weighted by Gasteiger charge is -2.22. The van der Waals surface area contributed by atoms with Crippen molar-refractivity contribution >= 4 is 0 Å². The van der Waals surface area contributed by atoms with Crippen molar-refractivity contribution in [3.63, 3.8) is 0 Å². The zero-order valence-electron chi connectivity index (χ0n) is 6.02. The summed E-state index contributed by atoms with van der Waals surface area (Å²) in [7, 11) is 0. The molecule has 0 aliphatic carbocycles. The van der Waals surface area contributed by atoms with Gasteiger partial charge in [-0.25, -0.2) is 4.39 Å². The van der Waals surface area contributed by atoms with Gasteiger partial charge in [0.2, 0.25) is 0 Å². The maximum absolute atomic E-state index is 12.0. The zero-order valence-corrected chi connectivity index (χ0v) is 6.02. The third kappa shape index (κ3) is 2.62. The molecule has 2 nitrogen and oxygen atoms in total. The van der Waals surface area contributed by atoms with Gasteiger partial charge in [0.1, 0.15) is 0 Å². The molecule has 2 N–H and O–H groups in total. The minimum Gasteiger partial charge on any atom is -0.364 e. The van der Waals surface area contributed by atoms with Crippen LogP contribution in [0.3, 0.4) is 0 Å². The molecule has 1 saturated heterocycles. The van der Waals surface area contributed by atoms with Gasteiger partial charge in [-0.15, -0.1) is 0 Å². The average molecular weight is 147 g/mol. The molecule has 1 unspecified atom stereocenters. The van der Waals surface area contributed by atoms with Gasteiger partial charge < -0.3 is 10.4 Å². The lowest BCUT2D eigenvalue weighted by Crippen LogP contribution is -2.29. The van der Waals surface area contributed by atoms with E-state index in [0.717, 1.165) is 25.9 Å². The van der Waals surface area contributed by atoms with Crippen LogP contribution in [-0.4, -0.2) is 24.6 Å². The van der Waals surface area contributed by atoms with Crippen LogP contribution in [0.2, 0.25) is 0 Å². The van der Waals surface area contributed by atoms with Gasteiger partial charge in [-0.2, -0.15) is 0 Å². The van der Waals surface area contributed by atoms with Gasteiger partial charge in [-0.1, -0.05) is 0 Å². The molecule has 0 aromatic heterocycles. The van der Waals surface area contributed by atoms with E-state index in [9.17, 15) is 4.39 Å². The fourth-order valence-corrected chi connectivity index (χ4v) is 1.39. The SMILES string of the molecule is OC(F)CC1CCNCC1. The molecular weight excluding hydrogens is 133 g/mol. The van der Waals surface area contributed by atoms with E-state index >= 15 is 0 Å². The van der Waals surface area contributed by atoms with Crippen molar-refractivity contribution < 1.29 is 9.50 Å². The molecule has 1 atom stereocenters. The van der Waals surface area contributed by atoms with Crippen molar-refractivity contribution in [2.45, 2.75) is 25.6 Å². The summed E-state index contributed by atoms with van der Waals surface area (Å²) < 4.78 is 12.0. The van der Waals surface area contributed by atoms with Crippen LogP contribution in [0, 0.1) is 5.92 Å². The van der Waals surface area contributed by atoms with E-state index in [1.54, 1.807) is 0 Å². The molecule has 60 valence electrons. The van der Waals surface area contributed by atoms with Gasteiger partial charge in [0.15, 0.2) is 6.36 Å². The maximum Gasteiger partial charge on any atom is 0.196 e. The van der Waals surface area contributed by atoms with Gasteiger partial charge in [-0.05, 0) is 31.8 Å². The molecule has 3 heteroatoms. The monoisotopic (exact) mass is 147 g/mol. The molecule has 10 heavy (non-hydrogen) atoms. The number of aliphatic hydroxyl groups is 1. The Hall–Kier alpha value is -0.150. The number of nitrogens with one attached hydrogen (secondary N) is 1. The molecule has 0 spiro atoms. The molecule has 1 aliphatic rings. The van der Waals surface area contributed by atoms with Crippen molar-refractivity contribution in [2.75, 3.05) is 13.1 Å². The van der Waals surface area contributed by atoms with Crippen LogP contribution in [0.15, 0.2) is 0 Å². The standard InChI is InChI=1S/C7H14FNO/c8-7(10)5-6-1-3-9-4-2-6/h6-7,9-10H,1-5H2. The quantitative estimate of drug-likeness (QED) is 0.601. The highest BCUT2D eigenvalue weighted by atomic mass is 19.1. The van der Waals surface area contributed by atoms with Crippen LogP contribution in [-0.2, 0) is 0 Å². The maximum atomic E-state index is 12.0. The van der Waals surface area contributed by atoms with E-state index in [0.29, 0.717) is 12.3 Å². The minimum atomic E-state index is -1.61. The Morgan fingerprint density at radius 2 is 2.10 bits per heavy atom. The number of halogens is 1. The smallest absolute Gasteiger partial charge is 0.196 e. The van der Waals surface area contributed by atoms with Gasteiger partial charge in [-0.3, -0.25) is 0 Å². The van der Waals surface area contributed by atoms with Crippen molar-refractivity contribution in [1.82, 2.24) is 5.32 Å². The zero-order chi connectivity index (χ0) is 7.40. The minimum absolute atomic E-state index is 0.321. The lowest BCUT2D eigenvalue weighted by atomic mass is 9.95. The fourth-order valence-electron chi connectivity index (χ4n) is 1.39. The number of piperidine rings is 1. The Bertz CT molecular complexity index is 91.6. The van der Waals surface area contributed by atoms with Crippen LogP contribution in [0.25, 0.3) is 0 Å². The molecule has 0 aromatic carbocycles. The van der Waals surface area contributed by atoms with Gasteiger partial charge >= 0.3 is 0 Å². The highest BCUT2D eigenvalue weighted by Crippen LogP contribution is 2.17. The summed E-state index contributed by atoms with van der Waals surface area (Å²) in [5, 5.41) is 11.6. The molecule has 1 rings (SSSR count). The summed E-state index contributed by atoms with van der Waals surface area (Å²) >= 11 is 0. The van der Waals surface area contributed by atoms with E-state index in [1.807, 2.05) is 0 Å². The lowest BCUT2D eigenvalue weighted by molar-refractivity contribution is 0.0159. The summed E-state index contributed by atoms with van der Waals surface area (Å²) in [6.45, 7) is 1.94. The first-order chi connectivity index (χ1) is 4.79. The normalized spacial score (nSPS) is 24.6. The molecule has 0 saturated carbocycles. The first-order valence-electron chi connectivity index (χ1n) is 3.82. The summed E-state index contributed by atoms with van der Waals surface area (Å²) in [5.74, 6) is 0.390. The van der Waals surface area contributed by atoms with Crippen LogP contribution in [0.4, 0.5) is 4.39 Å². The van der Waals surface area contributed by atoms with Gasteiger partial charge in [0.25, 0.3) is 0 Å². The van der Waals surface area contributed by atoms with Crippen molar-refractivity contribution in [3.8, 4) is 0 Å². The Morgan fingerprint density at radius 1 is 1.50 bits per heavy atom. The topological polar surface area (TPSA) is 32.3 Å². The number of alkyl halides is 1. The number of hydrogen-bond donors (Lipinski definition) is 2. The fraction of sp³-hybridized carbons (Fsp3) is 1.00. The highest BCUT2D eigenvalue weighted by Gasteiger charge is 2.15. The van der Waals surface area contributed by atoms with Crippen LogP contribution < -0.4 is 5.32 Å². The average Bonchev–Trinajstić information content (AvgIpc) is 1.88. The van der Waals surface area contributed by atoms with E-state index in [4.69, 9.17) is 5.11 Å². The first kappa shape index (κ1) is 7.95. The number of rotatable bonds is 2. The third-order valence-electron chi connectivity index (χ3n) is 1.99. The van der Waals surface area contributed by atoms with Crippen LogP contribution in [0.1, 0.15) is 19.3 Å². The number of aliphatic hydroxyl groups excluding tert-OH is 1. The Morgan fingerprint density at radius 3 is 2.60 bits per heavy atom. The first-order valence-corrected chi connectivity index (χ1v) is 3.82. The van der Waals surface area contributed by atoms with Crippen molar-refractivity contribution in [1.29, 1.82) is 0 Å². The van der Waals surface area contributed by atoms with Crippen LogP contribution >= 0.6 is 0 Å². The second-order valence-corrected chi connectivity index (χ2v) is 2.86.